The average Bonchev–Trinajstić information content (AvgIpc) is 3.11. The van der Waals surface area contributed by atoms with Crippen molar-refractivity contribution in [2.75, 3.05) is 18.0 Å². The van der Waals surface area contributed by atoms with Crippen molar-refractivity contribution in [2.45, 2.75) is 32.7 Å². The molecule has 1 aliphatic heterocycles. The molecular weight excluding hydrogens is 362 g/mol. The number of rotatable bonds is 4. The Morgan fingerprint density at radius 3 is 2.78 bits per heavy atom. The van der Waals surface area contributed by atoms with Gasteiger partial charge in [-0.3, -0.25) is 9.59 Å². The van der Waals surface area contributed by atoms with E-state index in [1.54, 1.807) is 0 Å². The van der Waals surface area contributed by atoms with Crippen molar-refractivity contribution in [1.29, 1.82) is 0 Å². The highest BCUT2D eigenvalue weighted by Crippen LogP contribution is 2.25. The highest BCUT2D eigenvalue weighted by molar-refractivity contribution is 7.20. The Balaban J connectivity index is 1.62. The van der Waals surface area contributed by atoms with Gasteiger partial charge in [-0.15, -0.1) is 5.10 Å². The fourth-order valence-corrected chi connectivity index (χ4v) is 4.21. The van der Waals surface area contributed by atoms with E-state index in [0.717, 1.165) is 42.2 Å². The summed E-state index contributed by atoms with van der Waals surface area (Å²) in [6, 6.07) is 9.13. The lowest BCUT2D eigenvalue weighted by atomic mass is 10.1. The second kappa shape index (κ2) is 7.48. The lowest BCUT2D eigenvalue weighted by Crippen LogP contribution is -2.30. The molecule has 1 amide bonds. The Labute approximate surface area is 160 Å². The molecule has 3 heterocycles. The fourth-order valence-electron chi connectivity index (χ4n) is 3.25. The SMILES string of the molecule is Cc1ccccc1CNC(=O)c1cc(=O)nc2sc(N3CCCCC3)nn12. The molecule has 27 heavy (non-hydrogen) atoms. The third-order valence-corrected chi connectivity index (χ3v) is 5.77. The van der Waals surface area contributed by atoms with Crippen molar-refractivity contribution in [3.8, 4) is 0 Å². The van der Waals surface area contributed by atoms with Crippen molar-refractivity contribution in [2.24, 2.45) is 0 Å². The Morgan fingerprint density at radius 2 is 2.00 bits per heavy atom. The van der Waals surface area contributed by atoms with Gasteiger partial charge >= 0.3 is 0 Å². The number of nitrogens with zero attached hydrogens (tertiary/aromatic N) is 4. The average molecular weight is 383 g/mol. The van der Waals surface area contributed by atoms with Gasteiger partial charge in [0.25, 0.3) is 11.5 Å². The largest absolute Gasteiger partial charge is 0.347 e. The van der Waals surface area contributed by atoms with Crippen LogP contribution in [-0.2, 0) is 6.54 Å². The molecule has 1 fully saturated rings. The Bertz CT molecular complexity index is 1040. The molecule has 0 spiro atoms. The minimum Gasteiger partial charge on any atom is -0.347 e. The van der Waals surface area contributed by atoms with Gasteiger partial charge in [0.1, 0.15) is 5.69 Å². The molecule has 0 saturated carbocycles. The molecule has 140 valence electrons. The van der Waals surface area contributed by atoms with Crippen LogP contribution in [0, 0.1) is 6.92 Å². The van der Waals surface area contributed by atoms with E-state index in [0.29, 0.717) is 11.5 Å². The Kier molecular flexibility index (Phi) is 4.89. The van der Waals surface area contributed by atoms with Crippen LogP contribution in [0.3, 0.4) is 0 Å². The molecule has 0 radical (unpaired) electrons. The lowest BCUT2D eigenvalue weighted by molar-refractivity contribution is 0.0943. The summed E-state index contributed by atoms with van der Waals surface area (Å²) in [4.78, 5) is 31.4. The van der Waals surface area contributed by atoms with E-state index >= 15 is 0 Å². The van der Waals surface area contributed by atoms with E-state index in [2.05, 4.69) is 20.3 Å². The van der Waals surface area contributed by atoms with Gasteiger partial charge < -0.3 is 10.2 Å². The van der Waals surface area contributed by atoms with Crippen LogP contribution in [-0.4, -0.2) is 33.6 Å². The molecule has 0 atom stereocenters. The minimum atomic E-state index is -0.426. The zero-order chi connectivity index (χ0) is 18.8. The Morgan fingerprint density at radius 1 is 1.22 bits per heavy atom. The minimum absolute atomic E-state index is 0.220. The molecule has 1 aliphatic rings. The van der Waals surface area contributed by atoms with Crippen LogP contribution >= 0.6 is 11.3 Å². The number of piperidine rings is 1. The number of aromatic nitrogens is 3. The van der Waals surface area contributed by atoms with Crippen LogP contribution in [0.25, 0.3) is 4.96 Å². The summed E-state index contributed by atoms with van der Waals surface area (Å²) in [5.41, 5.74) is 1.94. The number of carbonyl (C=O) groups is 1. The molecule has 0 unspecified atom stereocenters. The number of hydrogen-bond donors (Lipinski definition) is 1. The quantitative estimate of drug-likeness (QED) is 0.748. The van der Waals surface area contributed by atoms with Gasteiger partial charge in [0, 0.05) is 25.7 Å². The second-order valence-electron chi connectivity index (χ2n) is 6.72. The number of fused-ring (bicyclic) bond motifs is 1. The molecule has 8 heteroatoms. The summed E-state index contributed by atoms with van der Waals surface area (Å²) in [7, 11) is 0. The molecule has 1 N–H and O–H groups in total. The summed E-state index contributed by atoms with van der Waals surface area (Å²) in [6.07, 6.45) is 3.49. The fraction of sp³-hybridized carbons (Fsp3) is 0.368. The molecule has 0 bridgehead atoms. The molecule has 2 aromatic heterocycles. The topological polar surface area (TPSA) is 79.6 Å². The van der Waals surface area contributed by atoms with Crippen LogP contribution in [0.1, 0.15) is 40.9 Å². The monoisotopic (exact) mass is 383 g/mol. The van der Waals surface area contributed by atoms with Gasteiger partial charge in [0.2, 0.25) is 10.1 Å². The number of carbonyl (C=O) groups excluding carboxylic acids is 1. The van der Waals surface area contributed by atoms with E-state index in [-0.39, 0.29) is 11.6 Å². The van der Waals surface area contributed by atoms with E-state index in [4.69, 9.17) is 0 Å². The maximum Gasteiger partial charge on any atom is 0.274 e. The van der Waals surface area contributed by atoms with Gasteiger partial charge in [-0.05, 0) is 37.3 Å². The van der Waals surface area contributed by atoms with Crippen molar-refractivity contribution in [1.82, 2.24) is 19.9 Å². The molecule has 3 aromatic rings. The lowest BCUT2D eigenvalue weighted by Gasteiger charge is -2.25. The van der Waals surface area contributed by atoms with Crippen molar-refractivity contribution >= 4 is 27.3 Å². The van der Waals surface area contributed by atoms with E-state index in [1.165, 1.54) is 28.3 Å². The third kappa shape index (κ3) is 3.71. The van der Waals surface area contributed by atoms with Crippen molar-refractivity contribution in [3.05, 3.63) is 57.5 Å². The first-order valence-corrected chi connectivity index (χ1v) is 9.92. The third-order valence-electron chi connectivity index (χ3n) is 4.80. The number of amides is 1. The van der Waals surface area contributed by atoms with Gasteiger partial charge in [-0.2, -0.15) is 9.50 Å². The second-order valence-corrected chi connectivity index (χ2v) is 7.65. The zero-order valence-corrected chi connectivity index (χ0v) is 16.0. The summed E-state index contributed by atoms with van der Waals surface area (Å²) in [5, 5.41) is 8.27. The van der Waals surface area contributed by atoms with E-state index in [1.807, 2.05) is 31.2 Å². The molecule has 1 saturated heterocycles. The van der Waals surface area contributed by atoms with Crippen LogP contribution in [0.5, 0.6) is 0 Å². The standard InChI is InChI=1S/C19H21N5O2S/c1-13-7-3-4-8-14(13)12-20-17(26)15-11-16(25)21-18-24(15)22-19(27-18)23-9-5-2-6-10-23/h3-4,7-8,11H,2,5-6,9-10,12H2,1H3,(H,20,26). The highest BCUT2D eigenvalue weighted by Gasteiger charge is 2.20. The Hall–Kier alpha value is -2.74. The van der Waals surface area contributed by atoms with Crippen LogP contribution < -0.4 is 15.8 Å². The van der Waals surface area contributed by atoms with E-state index < -0.39 is 5.56 Å². The molecule has 4 rings (SSSR count). The predicted molar refractivity (Wildman–Crippen MR) is 106 cm³/mol. The molecule has 7 nitrogen and oxygen atoms in total. The summed E-state index contributed by atoms with van der Waals surface area (Å²) in [5.74, 6) is -0.330. The molecular formula is C19H21N5O2S. The zero-order valence-electron chi connectivity index (χ0n) is 15.1. The van der Waals surface area contributed by atoms with Gasteiger partial charge in [0.05, 0.1) is 0 Å². The summed E-state index contributed by atoms with van der Waals surface area (Å²) < 4.78 is 1.49. The number of benzene rings is 1. The number of anilines is 1. The van der Waals surface area contributed by atoms with Gasteiger partial charge in [0.15, 0.2) is 0 Å². The first-order valence-electron chi connectivity index (χ1n) is 9.10. The molecule has 1 aromatic carbocycles. The van der Waals surface area contributed by atoms with Gasteiger partial charge in [-0.1, -0.05) is 35.6 Å². The number of aryl methyl sites for hydroxylation is 1. The van der Waals surface area contributed by atoms with E-state index in [9.17, 15) is 9.59 Å². The summed E-state index contributed by atoms with van der Waals surface area (Å²) in [6.45, 7) is 4.29. The van der Waals surface area contributed by atoms with Crippen molar-refractivity contribution in [3.63, 3.8) is 0 Å². The maximum absolute atomic E-state index is 12.7. The van der Waals surface area contributed by atoms with Gasteiger partial charge in [-0.25, -0.2) is 0 Å². The first-order chi connectivity index (χ1) is 13.1. The smallest absolute Gasteiger partial charge is 0.274 e. The van der Waals surface area contributed by atoms with Crippen LogP contribution in [0.4, 0.5) is 5.13 Å². The first kappa shape index (κ1) is 17.7. The number of hydrogen-bond acceptors (Lipinski definition) is 6. The van der Waals surface area contributed by atoms with Crippen molar-refractivity contribution < 1.29 is 4.79 Å². The highest BCUT2D eigenvalue weighted by atomic mass is 32.1. The maximum atomic E-state index is 12.7. The predicted octanol–water partition coefficient (Wildman–Crippen LogP) is 2.38. The van der Waals surface area contributed by atoms with Crippen LogP contribution in [0.2, 0.25) is 0 Å². The molecule has 0 aliphatic carbocycles. The normalized spacial score (nSPS) is 14.5. The van der Waals surface area contributed by atoms with Crippen LogP contribution in [0.15, 0.2) is 35.1 Å². The summed E-state index contributed by atoms with van der Waals surface area (Å²) >= 11 is 1.35. The number of nitrogens with one attached hydrogen (secondary N) is 1.